The number of hydrogen-bond acceptors (Lipinski definition) is 11. The predicted molar refractivity (Wildman–Crippen MR) is 150 cm³/mol. The topological polar surface area (TPSA) is 195 Å². The van der Waals surface area contributed by atoms with Gasteiger partial charge in [0.25, 0.3) is 24.0 Å². The third kappa shape index (κ3) is 7.96. The molecule has 1 fully saturated rings. The van der Waals surface area contributed by atoms with Crippen LogP contribution in [-0.4, -0.2) is 68.9 Å². The molecule has 228 valence electrons. The summed E-state index contributed by atoms with van der Waals surface area (Å²) in [6.45, 7) is 2.85. The predicted octanol–water partition coefficient (Wildman–Crippen LogP) is 1.81. The van der Waals surface area contributed by atoms with Gasteiger partial charge < -0.3 is 24.1 Å². The first kappa shape index (κ1) is 32.8. The molecular formula is C28H29N3O11S. The largest absolute Gasteiger partial charge is 0.615 e. The summed E-state index contributed by atoms with van der Waals surface area (Å²) in [5, 5.41) is 12.1. The number of benzene rings is 2. The molecule has 3 rings (SSSR count). The number of nitrogens with one attached hydrogen (secondary N) is 1. The zero-order valence-electron chi connectivity index (χ0n) is 23.4. The number of β-lactam (4-membered cyclic amide) rings is 1. The monoisotopic (exact) mass is 615 g/mol. The van der Waals surface area contributed by atoms with E-state index in [0.717, 1.165) is 12.0 Å². The van der Waals surface area contributed by atoms with Gasteiger partial charge in [-0.3, -0.25) is 34.2 Å². The number of esters is 2. The molecule has 4 atom stereocenters. The number of methoxy groups -OCH3 is 1. The van der Waals surface area contributed by atoms with E-state index in [4.69, 9.17) is 9.47 Å². The summed E-state index contributed by atoms with van der Waals surface area (Å²) in [5.41, 5.74) is 0.710. The molecule has 1 N–H and O–H groups in total. The Morgan fingerprint density at radius 3 is 2.33 bits per heavy atom. The molecule has 1 heterocycles. The molecule has 2 aromatic carbocycles. The lowest BCUT2D eigenvalue weighted by atomic mass is 10.0. The van der Waals surface area contributed by atoms with Crippen molar-refractivity contribution in [2.75, 3.05) is 12.9 Å². The second-order valence-corrected chi connectivity index (χ2v) is 11.0. The van der Waals surface area contributed by atoms with Gasteiger partial charge in [0.2, 0.25) is 11.5 Å². The molecule has 0 aliphatic carbocycles. The zero-order valence-corrected chi connectivity index (χ0v) is 24.2. The Kier molecular flexibility index (Phi) is 11.4. The summed E-state index contributed by atoms with van der Waals surface area (Å²) in [6.07, 6.45) is -1.68. The molecule has 2 aromatic rings. The van der Waals surface area contributed by atoms with Crippen molar-refractivity contribution in [2.24, 2.45) is 0 Å². The van der Waals surface area contributed by atoms with Crippen LogP contribution in [-0.2, 0) is 56.0 Å². The van der Waals surface area contributed by atoms with Crippen molar-refractivity contribution in [2.45, 2.75) is 44.4 Å². The van der Waals surface area contributed by atoms with E-state index in [9.17, 15) is 38.6 Å². The second kappa shape index (κ2) is 14.9. The van der Waals surface area contributed by atoms with Gasteiger partial charge in [0.1, 0.15) is 18.1 Å². The molecule has 0 aromatic heterocycles. The summed E-state index contributed by atoms with van der Waals surface area (Å²) in [7, 11) is 1.16. The molecule has 4 unspecified atom stereocenters. The fourth-order valence-corrected chi connectivity index (χ4v) is 5.73. The summed E-state index contributed by atoms with van der Waals surface area (Å²) in [5.74, 6) is -3.51. The van der Waals surface area contributed by atoms with Crippen LogP contribution in [0.15, 0.2) is 65.9 Å². The number of hydrogen-bond donors (Lipinski definition) is 1. The Morgan fingerprint density at radius 2 is 1.77 bits per heavy atom. The Balaban J connectivity index is 1.85. The molecule has 14 nitrogen and oxygen atoms in total. The van der Waals surface area contributed by atoms with Gasteiger partial charge in [-0.1, -0.05) is 30.3 Å². The van der Waals surface area contributed by atoms with Gasteiger partial charge in [-0.15, -0.1) is 0 Å². The van der Waals surface area contributed by atoms with Gasteiger partial charge in [-0.2, -0.15) is 0 Å². The van der Waals surface area contributed by atoms with Crippen molar-refractivity contribution in [3.63, 3.8) is 0 Å². The van der Waals surface area contributed by atoms with Crippen LogP contribution in [0.3, 0.4) is 0 Å². The molecule has 1 aliphatic rings. The van der Waals surface area contributed by atoms with E-state index < -0.39 is 57.4 Å². The van der Waals surface area contributed by atoms with Crippen LogP contribution in [0.4, 0.5) is 5.69 Å². The highest BCUT2D eigenvalue weighted by atomic mass is 32.2. The van der Waals surface area contributed by atoms with E-state index in [1.165, 1.54) is 50.2 Å². The van der Waals surface area contributed by atoms with Gasteiger partial charge in [0, 0.05) is 17.7 Å². The number of non-ortho nitro benzene ring substituents is 1. The Bertz CT molecular complexity index is 1390. The SMILES string of the molecule is COC(=O)CC[S+]([O-])C1C(NC(=O)C(OC=O)c2ccccc2)C(=O)N1C(C(=O)OCc1ccc([N+](=O)[O-])cc1)=C(C)C. The lowest BCUT2D eigenvalue weighted by Gasteiger charge is -2.46. The van der Waals surface area contributed by atoms with Crippen LogP contribution >= 0.6 is 0 Å². The summed E-state index contributed by atoms with van der Waals surface area (Å²) >= 11 is -1.99. The van der Waals surface area contributed by atoms with Crippen LogP contribution in [0.2, 0.25) is 0 Å². The minimum absolute atomic E-state index is 0.0837. The van der Waals surface area contributed by atoms with Crippen molar-refractivity contribution in [3.05, 3.63) is 87.1 Å². The third-order valence-corrected chi connectivity index (χ3v) is 7.93. The first-order valence-electron chi connectivity index (χ1n) is 12.8. The van der Waals surface area contributed by atoms with Crippen molar-refractivity contribution in [1.29, 1.82) is 0 Å². The highest BCUT2D eigenvalue weighted by Gasteiger charge is 2.58. The maximum atomic E-state index is 13.4. The van der Waals surface area contributed by atoms with E-state index >= 15 is 0 Å². The zero-order chi connectivity index (χ0) is 31.7. The summed E-state index contributed by atoms with van der Waals surface area (Å²) in [4.78, 5) is 73.9. The highest BCUT2D eigenvalue weighted by molar-refractivity contribution is 7.92. The van der Waals surface area contributed by atoms with Crippen LogP contribution in [0, 0.1) is 10.1 Å². The molecule has 0 bridgehead atoms. The standard InChI is InChI=1S/C28H29N3O11S/c1-17(2)23(28(36)41-15-18-9-11-20(12-10-18)31(37)38)30-26(35)22(27(30)43(39)14-13-21(33)40-3)29-25(34)24(42-16-32)19-7-5-4-6-8-19/h4-12,16,22,24,27H,13-15H2,1-3H3,(H,29,34). The quantitative estimate of drug-likeness (QED) is 0.0476. The minimum Gasteiger partial charge on any atom is -0.615 e. The Morgan fingerprint density at radius 1 is 1.12 bits per heavy atom. The van der Waals surface area contributed by atoms with Crippen LogP contribution in [0.25, 0.3) is 0 Å². The number of allylic oxidation sites excluding steroid dienone is 1. The maximum Gasteiger partial charge on any atom is 0.355 e. The lowest BCUT2D eigenvalue weighted by molar-refractivity contribution is -0.384. The Hall–Kier alpha value is -4.76. The van der Waals surface area contributed by atoms with E-state index in [1.54, 1.807) is 18.2 Å². The Labute approximate surface area is 249 Å². The van der Waals surface area contributed by atoms with Crippen molar-refractivity contribution in [1.82, 2.24) is 10.2 Å². The number of carbonyl (C=O) groups is 5. The van der Waals surface area contributed by atoms with Gasteiger partial charge in [0.15, 0.2) is 6.04 Å². The lowest BCUT2D eigenvalue weighted by Crippen LogP contribution is -2.73. The number of likely N-dealkylation sites (tertiary alicyclic amines) is 1. The number of nitrogens with zero attached hydrogens (tertiary/aromatic N) is 2. The number of nitro groups is 1. The van der Waals surface area contributed by atoms with Crippen molar-refractivity contribution < 1.29 is 47.7 Å². The van der Waals surface area contributed by atoms with Gasteiger partial charge in [-0.25, -0.2) is 4.79 Å². The van der Waals surface area contributed by atoms with Crippen LogP contribution < -0.4 is 5.32 Å². The van der Waals surface area contributed by atoms with Crippen molar-refractivity contribution >= 4 is 47.1 Å². The molecule has 43 heavy (non-hydrogen) atoms. The molecule has 0 radical (unpaired) electrons. The van der Waals surface area contributed by atoms with Crippen LogP contribution in [0.1, 0.15) is 37.5 Å². The summed E-state index contributed by atoms with van der Waals surface area (Å²) in [6, 6.07) is 11.9. The minimum atomic E-state index is -1.99. The molecule has 1 saturated heterocycles. The third-order valence-electron chi connectivity index (χ3n) is 6.30. The van der Waals surface area contributed by atoms with E-state index in [-0.39, 0.29) is 36.6 Å². The van der Waals surface area contributed by atoms with E-state index in [1.807, 2.05) is 0 Å². The number of carbonyl (C=O) groups excluding carboxylic acids is 5. The number of rotatable bonds is 14. The smallest absolute Gasteiger partial charge is 0.355 e. The molecule has 0 spiro atoms. The van der Waals surface area contributed by atoms with Gasteiger partial charge in [-0.05, 0) is 48.3 Å². The number of amides is 2. The van der Waals surface area contributed by atoms with E-state index in [2.05, 4.69) is 10.1 Å². The van der Waals surface area contributed by atoms with Gasteiger partial charge >= 0.3 is 11.9 Å². The highest BCUT2D eigenvalue weighted by Crippen LogP contribution is 2.33. The summed E-state index contributed by atoms with van der Waals surface area (Å²) < 4.78 is 28.3. The normalized spacial score (nSPS) is 17.0. The average Bonchev–Trinajstić information content (AvgIpc) is 3.00. The number of ether oxygens (including phenoxy) is 3. The number of nitro benzene ring substituents is 1. The fraction of sp³-hybridized carbons (Fsp3) is 0.321. The second-order valence-electron chi connectivity index (χ2n) is 9.37. The molecule has 2 amide bonds. The van der Waals surface area contributed by atoms with Gasteiger partial charge in [0.05, 0.1) is 18.5 Å². The van der Waals surface area contributed by atoms with Crippen molar-refractivity contribution in [3.8, 4) is 0 Å². The molecule has 1 aliphatic heterocycles. The molecule has 0 saturated carbocycles. The van der Waals surface area contributed by atoms with Crippen LogP contribution in [0.5, 0.6) is 0 Å². The average molecular weight is 616 g/mol. The van der Waals surface area contributed by atoms with E-state index in [0.29, 0.717) is 16.7 Å². The fourth-order valence-electron chi connectivity index (χ4n) is 4.19. The molecular weight excluding hydrogens is 586 g/mol. The first-order valence-corrected chi connectivity index (χ1v) is 14.2. The molecule has 15 heteroatoms. The first-order chi connectivity index (χ1) is 20.5. The maximum absolute atomic E-state index is 13.4.